The van der Waals surface area contributed by atoms with E-state index in [0.29, 0.717) is 16.8 Å². The lowest BCUT2D eigenvalue weighted by atomic mass is 10.2. The molecule has 1 amide bonds. The fourth-order valence-corrected chi connectivity index (χ4v) is 3.73. The molecule has 0 radical (unpaired) electrons. The molecule has 2 aromatic heterocycles. The van der Waals surface area contributed by atoms with E-state index in [0.717, 1.165) is 23.1 Å². The number of aromatic nitrogens is 5. The highest BCUT2D eigenvalue weighted by atomic mass is 32.2. The standard InChI is InChI=1S/C19H21FN8OS/c1-12-11-13(2)28(25-12)18-23-24-19(27(18)22)30-14(3)17(29)26(10-4-9-21)16-7-5-15(20)6-8-16/h5-8,11,14H,4,10,22H2,1-3H3. The summed E-state index contributed by atoms with van der Waals surface area (Å²) in [7, 11) is 0. The Labute approximate surface area is 177 Å². The van der Waals surface area contributed by atoms with Crippen molar-refractivity contribution in [3.63, 3.8) is 0 Å². The Kier molecular flexibility index (Phi) is 6.37. The number of nitriles is 1. The van der Waals surface area contributed by atoms with Gasteiger partial charge >= 0.3 is 0 Å². The average molecular weight is 428 g/mol. The second-order valence-corrected chi connectivity index (χ2v) is 7.93. The molecule has 1 unspecified atom stereocenters. The highest BCUT2D eigenvalue weighted by molar-refractivity contribution is 8.00. The van der Waals surface area contributed by atoms with Gasteiger partial charge in [-0.1, -0.05) is 11.8 Å². The number of nitrogen functional groups attached to an aromatic ring is 1. The van der Waals surface area contributed by atoms with Crippen LogP contribution in [-0.2, 0) is 4.79 Å². The van der Waals surface area contributed by atoms with E-state index in [-0.39, 0.29) is 18.9 Å². The third-order valence-corrected chi connectivity index (χ3v) is 5.37. The van der Waals surface area contributed by atoms with Gasteiger partial charge in [-0.15, -0.1) is 10.2 Å². The summed E-state index contributed by atoms with van der Waals surface area (Å²) < 4.78 is 16.1. The zero-order valence-corrected chi connectivity index (χ0v) is 17.6. The lowest BCUT2D eigenvalue weighted by molar-refractivity contribution is -0.117. The Bertz CT molecular complexity index is 1090. The number of nitrogens with two attached hydrogens (primary N) is 1. The number of benzene rings is 1. The van der Waals surface area contributed by atoms with Crippen molar-refractivity contribution in [1.82, 2.24) is 24.7 Å². The van der Waals surface area contributed by atoms with Crippen molar-refractivity contribution in [3.8, 4) is 12.0 Å². The minimum absolute atomic E-state index is 0.148. The number of carbonyl (C=O) groups excluding carboxylic acids is 1. The van der Waals surface area contributed by atoms with Crippen LogP contribution < -0.4 is 10.7 Å². The lowest BCUT2D eigenvalue weighted by Gasteiger charge is -2.24. The van der Waals surface area contributed by atoms with Crippen LogP contribution in [-0.4, -0.2) is 42.4 Å². The minimum atomic E-state index is -0.575. The summed E-state index contributed by atoms with van der Waals surface area (Å²) in [6, 6.07) is 9.49. The third-order valence-electron chi connectivity index (χ3n) is 4.33. The van der Waals surface area contributed by atoms with Crippen LogP contribution in [0.15, 0.2) is 35.5 Å². The summed E-state index contributed by atoms with van der Waals surface area (Å²) in [5.41, 5.74) is 2.19. The smallest absolute Gasteiger partial charge is 0.271 e. The fourth-order valence-electron chi connectivity index (χ4n) is 2.90. The molecule has 0 saturated heterocycles. The first-order valence-corrected chi connectivity index (χ1v) is 10.0. The van der Waals surface area contributed by atoms with Crippen LogP contribution in [0.2, 0.25) is 0 Å². The molecule has 0 bridgehead atoms. The Balaban J connectivity index is 1.81. The van der Waals surface area contributed by atoms with Gasteiger partial charge in [0.25, 0.3) is 5.95 Å². The van der Waals surface area contributed by atoms with Gasteiger partial charge in [-0.05, 0) is 51.1 Å². The zero-order chi connectivity index (χ0) is 21.8. The number of carbonyl (C=O) groups is 1. The topological polar surface area (TPSA) is 119 Å². The minimum Gasteiger partial charge on any atom is -0.334 e. The van der Waals surface area contributed by atoms with E-state index in [9.17, 15) is 9.18 Å². The molecule has 0 spiro atoms. The lowest BCUT2D eigenvalue weighted by Crippen LogP contribution is -2.37. The van der Waals surface area contributed by atoms with Crippen LogP contribution in [0.3, 0.4) is 0 Å². The number of aryl methyl sites for hydroxylation is 2. The number of hydrogen-bond acceptors (Lipinski definition) is 7. The number of nitrogens with zero attached hydrogens (tertiary/aromatic N) is 7. The van der Waals surface area contributed by atoms with Gasteiger partial charge in [-0.3, -0.25) is 4.79 Å². The van der Waals surface area contributed by atoms with E-state index in [4.69, 9.17) is 11.1 Å². The van der Waals surface area contributed by atoms with E-state index >= 15 is 0 Å². The summed E-state index contributed by atoms with van der Waals surface area (Å²) in [6.45, 7) is 5.65. The Hall–Kier alpha value is -3.39. The first-order valence-electron chi connectivity index (χ1n) is 9.16. The highest BCUT2D eigenvalue weighted by Crippen LogP contribution is 2.26. The first-order chi connectivity index (χ1) is 14.3. The van der Waals surface area contributed by atoms with Gasteiger partial charge in [-0.25, -0.2) is 13.7 Å². The van der Waals surface area contributed by atoms with Crippen molar-refractivity contribution in [3.05, 3.63) is 47.5 Å². The number of hydrogen-bond donors (Lipinski definition) is 1. The molecule has 156 valence electrons. The van der Waals surface area contributed by atoms with E-state index in [2.05, 4.69) is 15.3 Å². The predicted octanol–water partition coefficient (Wildman–Crippen LogP) is 2.36. The Morgan fingerprint density at radius 1 is 1.33 bits per heavy atom. The van der Waals surface area contributed by atoms with Gasteiger partial charge in [0.15, 0.2) is 0 Å². The second kappa shape index (κ2) is 8.96. The molecule has 2 N–H and O–H groups in total. The molecule has 3 aromatic rings. The SMILES string of the molecule is Cc1cc(C)n(-c2nnc(SC(C)C(=O)N(CCC#N)c3ccc(F)cc3)n2N)n1. The number of rotatable bonds is 7. The molecular weight excluding hydrogens is 407 g/mol. The number of thioether (sulfide) groups is 1. The summed E-state index contributed by atoms with van der Waals surface area (Å²) >= 11 is 1.14. The maximum Gasteiger partial charge on any atom is 0.271 e. The van der Waals surface area contributed by atoms with E-state index in [1.165, 1.54) is 33.8 Å². The molecule has 0 aliphatic carbocycles. The molecule has 0 aliphatic heterocycles. The van der Waals surface area contributed by atoms with Crippen molar-refractivity contribution in [2.75, 3.05) is 17.3 Å². The van der Waals surface area contributed by atoms with Crippen LogP contribution in [0.5, 0.6) is 0 Å². The molecule has 0 fully saturated rings. The predicted molar refractivity (Wildman–Crippen MR) is 111 cm³/mol. The van der Waals surface area contributed by atoms with Crippen molar-refractivity contribution >= 4 is 23.4 Å². The molecule has 0 saturated carbocycles. The van der Waals surface area contributed by atoms with Gasteiger partial charge in [0, 0.05) is 17.9 Å². The van der Waals surface area contributed by atoms with Crippen LogP contribution in [0.4, 0.5) is 10.1 Å². The van der Waals surface area contributed by atoms with E-state index < -0.39 is 11.1 Å². The average Bonchev–Trinajstić information content (AvgIpc) is 3.24. The molecule has 1 aromatic carbocycles. The molecular formula is C19H21FN8OS. The van der Waals surface area contributed by atoms with Crippen LogP contribution in [0.1, 0.15) is 24.7 Å². The number of amides is 1. The van der Waals surface area contributed by atoms with Gasteiger partial charge in [0.2, 0.25) is 11.1 Å². The molecule has 9 nitrogen and oxygen atoms in total. The summed E-state index contributed by atoms with van der Waals surface area (Å²) in [4.78, 5) is 14.5. The van der Waals surface area contributed by atoms with Gasteiger partial charge < -0.3 is 10.7 Å². The monoisotopic (exact) mass is 428 g/mol. The maximum absolute atomic E-state index is 13.3. The summed E-state index contributed by atoms with van der Waals surface area (Å²) in [5, 5.41) is 21.2. The Morgan fingerprint density at radius 2 is 2.03 bits per heavy atom. The van der Waals surface area contributed by atoms with Crippen molar-refractivity contribution < 1.29 is 9.18 Å². The molecule has 3 rings (SSSR count). The molecule has 30 heavy (non-hydrogen) atoms. The van der Waals surface area contributed by atoms with Gasteiger partial charge in [-0.2, -0.15) is 10.4 Å². The molecule has 1 atom stereocenters. The van der Waals surface area contributed by atoms with Crippen LogP contribution in [0.25, 0.3) is 5.95 Å². The maximum atomic E-state index is 13.3. The molecule has 2 heterocycles. The number of halogens is 1. The molecule has 0 aliphatic rings. The fraction of sp³-hybridized carbons (Fsp3) is 0.316. The quantitative estimate of drug-likeness (QED) is 0.453. The number of anilines is 1. The van der Waals surface area contributed by atoms with E-state index in [1.54, 1.807) is 11.6 Å². The first kappa shape index (κ1) is 21.3. The third kappa shape index (κ3) is 4.44. The normalized spacial score (nSPS) is 11.8. The van der Waals surface area contributed by atoms with Gasteiger partial charge in [0.05, 0.1) is 23.4 Å². The van der Waals surface area contributed by atoms with Gasteiger partial charge in [0.1, 0.15) is 5.82 Å². The highest BCUT2D eigenvalue weighted by Gasteiger charge is 2.26. The van der Waals surface area contributed by atoms with Crippen molar-refractivity contribution in [2.45, 2.75) is 37.6 Å². The second-order valence-electron chi connectivity index (χ2n) is 6.63. The van der Waals surface area contributed by atoms with Crippen LogP contribution >= 0.6 is 11.8 Å². The zero-order valence-electron chi connectivity index (χ0n) is 16.8. The van der Waals surface area contributed by atoms with Crippen molar-refractivity contribution in [1.29, 1.82) is 5.26 Å². The van der Waals surface area contributed by atoms with E-state index in [1.807, 2.05) is 26.0 Å². The summed E-state index contributed by atoms with van der Waals surface area (Å²) in [5.74, 6) is 5.83. The summed E-state index contributed by atoms with van der Waals surface area (Å²) in [6.07, 6.45) is 0.148. The Morgan fingerprint density at radius 3 is 2.63 bits per heavy atom. The van der Waals surface area contributed by atoms with Crippen LogP contribution in [0, 0.1) is 31.0 Å². The molecule has 11 heteroatoms. The van der Waals surface area contributed by atoms with Crippen molar-refractivity contribution in [2.24, 2.45) is 0 Å². The largest absolute Gasteiger partial charge is 0.334 e.